The lowest BCUT2D eigenvalue weighted by Crippen LogP contribution is -2.10. The van der Waals surface area contributed by atoms with Crippen LogP contribution in [0.3, 0.4) is 0 Å². The first-order valence-electron chi connectivity index (χ1n) is 5.79. The Bertz CT molecular complexity index is 387. The minimum Gasteiger partial charge on any atom is -0.382 e. The molecule has 0 aliphatic heterocycles. The number of halogens is 1. The zero-order valence-electron chi connectivity index (χ0n) is 10.0. The first kappa shape index (κ1) is 14.0. The first-order valence-corrected chi connectivity index (χ1v) is 6.59. The van der Waals surface area contributed by atoms with Gasteiger partial charge in [-0.1, -0.05) is 19.4 Å². The quantitative estimate of drug-likeness (QED) is 0.783. The third-order valence-electron chi connectivity index (χ3n) is 2.33. The van der Waals surface area contributed by atoms with Gasteiger partial charge in [-0.25, -0.2) is 0 Å². The van der Waals surface area contributed by atoms with Crippen LogP contribution in [0.4, 0.5) is 5.69 Å². The average Bonchev–Trinajstić information content (AvgIpc) is 2.34. The van der Waals surface area contributed by atoms with Gasteiger partial charge in [0.05, 0.1) is 17.9 Å². The van der Waals surface area contributed by atoms with Crippen molar-refractivity contribution in [2.24, 2.45) is 0 Å². The van der Waals surface area contributed by atoms with E-state index in [2.05, 4.69) is 34.2 Å². The summed E-state index contributed by atoms with van der Waals surface area (Å²) in [6.45, 7) is 4.33. The molecule has 0 aromatic heterocycles. The topological polar surface area (TPSA) is 45.0 Å². The van der Waals surface area contributed by atoms with E-state index >= 15 is 0 Å². The molecule has 0 amide bonds. The molecule has 0 atom stereocenters. The fourth-order valence-corrected chi connectivity index (χ4v) is 1.85. The van der Waals surface area contributed by atoms with E-state index in [-0.39, 0.29) is 0 Å². The molecule has 0 bridgehead atoms. The van der Waals surface area contributed by atoms with Gasteiger partial charge in [0.1, 0.15) is 6.07 Å². The van der Waals surface area contributed by atoms with Gasteiger partial charge >= 0.3 is 0 Å². The van der Waals surface area contributed by atoms with Crippen LogP contribution in [0.2, 0.25) is 0 Å². The van der Waals surface area contributed by atoms with Crippen LogP contribution in [-0.2, 0) is 4.74 Å². The molecule has 0 radical (unpaired) electrons. The Morgan fingerprint density at radius 1 is 1.41 bits per heavy atom. The number of nitriles is 1. The zero-order valence-corrected chi connectivity index (χ0v) is 11.6. The van der Waals surface area contributed by atoms with Crippen molar-refractivity contribution >= 4 is 21.6 Å². The van der Waals surface area contributed by atoms with Gasteiger partial charge < -0.3 is 10.1 Å². The molecular weight excluding hydrogens is 280 g/mol. The maximum atomic E-state index is 9.02. The van der Waals surface area contributed by atoms with Crippen molar-refractivity contribution in [2.75, 3.05) is 25.1 Å². The fraction of sp³-hybridized carbons (Fsp3) is 0.462. The number of rotatable bonds is 7. The smallest absolute Gasteiger partial charge is 0.103 e. The number of hydrogen-bond acceptors (Lipinski definition) is 3. The molecule has 1 aromatic carbocycles. The Hall–Kier alpha value is -1.05. The minimum atomic E-state index is 0.640. The second-order valence-electron chi connectivity index (χ2n) is 3.67. The van der Waals surface area contributed by atoms with Crippen LogP contribution >= 0.6 is 15.9 Å². The van der Waals surface area contributed by atoms with Crippen LogP contribution in [0.15, 0.2) is 22.7 Å². The average molecular weight is 297 g/mol. The molecule has 3 nitrogen and oxygen atoms in total. The molecule has 1 N–H and O–H groups in total. The molecule has 0 unspecified atom stereocenters. The van der Waals surface area contributed by atoms with Gasteiger partial charge in [0.15, 0.2) is 0 Å². The van der Waals surface area contributed by atoms with E-state index in [0.717, 1.165) is 36.2 Å². The van der Waals surface area contributed by atoms with Crippen LogP contribution in [-0.4, -0.2) is 19.8 Å². The molecule has 0 saturated heterocycles. The van der Waals surface area contributed by atoms with Crippen LogP contribution < -0.4 is 5.32 Å². The highest BCUT2D eigenvalue weighted by Gasteiger charge is 2.04. The molecule has 0 aliphatic rings. The largest absolute Gasteiger partial charge is 0.382 e. The van der Waals surface area contributed by atoms with Crippen LogP contribution in [0.5, 0.6) is 0 Å². The lowest BCUT2D eigenvalue weighted by atomic mass is 10.2. The number of anilines is 1. The van der Waals surface area contributed by atoms with E-state index in [0.29, 0.717) is 12.2 Å². The second kappa shape index (κ2) is 8.10. The van der Waals surface area contributed by atoms with Crippen molar-refractivity contribution in [1.82, 2.24) is 0 Å². The van der Waals surface area contributed by atoms with E-state index < -0.39 is 0 Å². The maximum Gasteiger partial charge on any atom is 0.103 e. The number of nitrogens with one attached hydrogen (secondary N) is 1. The molecule has 1 aromatic rings. The van der Waals surface area contributed by atoms with Gasteiger partial charge in [-0.2, -0.15) is 5.26 Å². The van der Waals surface area contributed by atoms with E-state index in [4.69, 9.17) is 10.00 Å². The Balaban J connectivity index is 2.37. The Kier molecular flexibility index (Phi) is 6.68. The summed E-state index contributed by atoms with van der Waals surface area (Å²) >= 11 is 3.36. The zero-order chi connectivity index (χ0) is 12.5. The number of benzene rings is 1. The monoisotopic (exact) mass is 296 g/mol. The predicted molar refractivity (Wildman–Crippen MR) is 73.1 cm³/mol. The summed E-state index contributed by atoms with van der Waals surface area (Å²) in [4.78, 5) is 0. The normalized spacial score (nSPS) is 9.94. The summed E-state index contributed by atoms with van der Waals surface area (Å²) < 4.78 is 6.26. The SMILES string of the molecule is CCCCOCCNc1cccc(Br)c1C#N. The number of hydrogen-bond donors (Lipinski definition) is 1. The lowest BCUT2D eigenvalue weighted by molar-refractivity contribution is 0.141. The van der Waals surface area contributed by atoms with Gasteiger partial charge in [0.2, 0.25) is 0 Å². The predicted octanol–water partition coefficient (Wildman–Crippen LogP) is 3.55. The van der Waals surface area contributed by atoms with Gasteiger partial charge in [0, 0.05) is 17.6 Å². The molecular formula is C13H17BrN2O. The van der Waals surface area contributed by atoms with Crippen molar-refractivity contribution in [3.63, 3.8) is 0 Å². The highest BCUT2D eigenvalue weighted by Crippen LogP contribution is 2.23. The third kappa shape index (κ3) is 4.76. The van der Waals surface area contributed by atoms with Gasteiger partial charge in [-0.3, -0.25) is 0 Å². The van der Waals surface area contributed by atoms with Crippen LogP contribution in [0.1, 0.15) is 25.3 Å². The standard InChI is InChI=1S/C13H17BrN2O/c1-2-3-8-17-9-7-16-13-6-4-5-12(14)11(13)10-15/h4-6,16H,2-3,7-9H2,1H3. The van der Waals surface area contributed by atoms with Crippen molar-refractivity contribution in [3.05, 3.63) is 28.2 Å². The lowest BCUT2D eigenvalue weighted by Gasteiger charge is -2.09. The molecule has 17 heavy (non-hydrogen) atoms. The number of unbranched alkanes of at least 4 members (excludes halogenated alkanes) is 1. The van der Waals surface area contributed by atoms with E-state index in [1.807, 2.05) is 18.2 Å². The van der Waals surface area contributed by atoms with E-state index in [9.17, 15) is 0 Å². The highest BCUT2D eigenvalue weighted by molar-refractivity contribution is 9.10. The summed E-state index contributed by atoms with van der Waals surface area (Å²) in [5, 5.41) is 12.2. The van der Waals surface area contributed by atoms with Crippen LogP contribution in [0.25, 0.3) is 0 Å². The summed E-state index contributed by atoms with van der Waals surface area (Å²) in [6, 6.07) is 7.84. The Labute approximate surface area is 111 Å². The third-order valence-corrected chi connectivity index (χ3v) is 2.99. The van der Waals surface area contributed by atoms with Crippen molar-refractivity contribution in [3.8, 4) is 6.07 Å². The maximum absolute atomic E-state index is 9.02. The number of nitrogens with zero attached hydrogens (tertiary/aromatic N) is 1. The molecule has 0 spiro atoms. The van der Waals surface area contributed by atoms with E-state index in [1.165, 1.54) is 0 Å². The molecule has 92 valence electrons. The Morgan fingerprint density at radius 3 is 2.94 bits per heavy atom. The minimum absolute atomic E-state index is 0.640. The molecule has 4 heteroatoms. The molecule has 1 rings (SSSR count). The summed E-state index contributed by atoms with van der Waals surface area (Å²) in [5.41, 5.74) is 1.49. The van der Waals surface area contributed by atoms with Gasteiger partial charge in [0.25, 0.3) is 0 Å². The molecule has 0 heterocycles. The van der Waals surface area contributed by atoms with Crippen molar-refractivity contribution in [1.29, 1.82) is 5.26 Å². The Morgan fingerprint density at radius 2 is 2.24 bits per heavy atom. The molecule has 0 aliphatic carbocycles. The summed E-state index contributed by atoms with van der Waals surface area (Å²) in [7, 11) is 0. The highest BCUT2D eigenvalue weighted by atomic mass is 79.9. The molecule has 0 saturated carbocycles. The summed E-state index contributed by atoms with van der Waals surface area (Å²) in [5.74, 6) is 0. The van der Waals surface area contributed by atoms with Gasteiger partial charge in [-0.05, 0) is 34.5 Å². The first-order chi connectivity index (χ1) is 8.29. The molecule has 0 fully saturated rings. The van der Waals surface area contributed by atoms with E-state index in [1.54, 1.807) is 0 Å². The van der Waals surface area contributed by atoms with Crippen LogP contribution in [0, 0.1) is 11.3 Å². The van der Waals surface area contributed by atoms with Crippen molar-refractivity contribution in [2.45, 2.75) is 19.8 Å². The van der Waals surface area contributed by atoms with Crippen molar-refractivity contribution < 1.29 is 4.74 Å². The second-order valence-corrected chi connectivity index (χ2v) is 4.52. The van der Waals surface area contributed by atoms with Gasteiger partial charge in [-0.15, -0.1) is 0 Å². The number of ether oxygens (including phenoxy) is 1. The fourth-order valence-electron chi connectivity index (χ4n) is 1.39. The summed E-state index contributed by atoms with van der Waals surface area (Å²) in [6.07, 6.45) is 2.25.